The predicted molar refractivity (Wildman–Crippen MR) is 77.5 cm³/mol. The number of sulfonamides is 1. The van der Waals surface area contributed by atoms with E-state index >= 15 is 0 Å². The molecule has 1 aromatic heterocycles. The topological polar surface area (TPSA) is 71.1 Å². The van der Waals surface area contributed by atoms with Gasteiger partial charge >= 0.3 is 0 Å². The van der Waals surface area contributed by atoms with E-state index in [0.717, 1.165) is 5.69 Å². The fourth-order valence-electron chi connectivity index (χ4n) is 1.52. The number of aromatic nitrogens is 1. The number of nitrogens with zero attached hydrogens (tertiary/aromatic N) is 1. The second kappa shape index (κ2) is 7.57. The molecule has 0 aliphatic heterocycles. The van der Waals surface area contributed by atoms with Crippen LogP contribution in [0.3, 0.4) is 0 Å². The molecule has 5 nitrogen and oxygen atoms in total. The fraction of sp³-hybridized carbons (Fsp3) is 0.615. The Morgan fingerprint density at radius 3 is 2.58 bits per heavy atom. The van der Waals surface area contributed by atoms with Crippen molar-refractivity contribution in [2.24, 2.45) is 0 Å². The first-order valence-electron chi connectivity index (χ1n) is 6.53. The molecule has 1 atom stereocenters. The lowest BCUT2D eigenvalue weighted by atomic mass is 10.3. The number of hydrogen-bond donors (Lipinski definition) is 2. The van der Waals surface area contributed by atoms with Crippen LogP contribution in [0.25, 0.3) is 0 Å². The van der Waals surface area contributed by atoms with E-state index in [1.54, 1.807) is 13.1 Å². The second-order valence-electron chi connectivity index (χ2n) is 4.88. The van der Waals surface area contributed by atoms with Gasteiger partial charge in [-0.1, -0.05) is 19.9 Å². The number of pyridine rings is 1. The van der Waals surface area contributed by atoms with Crippen LogP contribution in [0.2, 0.25) is 0 Å². The quantitative estimate of drug-likeness (QED) is 0.745. The molecule has 6 heteroatoms. The van der Waals surface area contributed by atoms with Gasteiger partial charge < -0.3 is 5.32 Å². The minimum atomic E-state index is -3.27. The summed E-state index contributed by atoms with van der Waals surface area (Å²) in [6, 6.07) is 5.91. The molecule has 1 aromatic rings. The van der Waals surface area contributed by atoms with Crippen LogP contribution >= 0.6 is 0 Å². The van der Waals surface area contributed by atoms with Gasteiger partial charge in [0.15, 0.2) is 0 Å². The Balaban J connectivity index is 2.38. The Bertz CT molecular complexity index is 460. The number of hydrogen-bond acceptors (Lipinski definition) is 4. The minimum Gasteiger partial charge on any atom is -0.313 e. The smallest absolute Gasteiger partial charge is 0.215 e. The van der Waals surface area contributed by atoms with Crippen LogP contribution in [0.15, 0.2) is 24.4 Å². The van der Waals surface area contributed by atoms with Gasteiger partial charge in [0, 0.05) is 37.4 Å². The maximum absolute atomic E-state index is 12.0. The van der Waals surface area contributed by atoms with E-state index in [-0.39, 0.29) is 6.04 Å². The molecule has 0 saturated carbocycles. The average molecular weight is 285 g/mol. The molecule has 1 rings (SSSR count). The molecule has 19 heavy (non-hydrogen) atoms. The highest BCUT2D eigenvalue weighted by Crippen LogP contribution is 1.99. The van der Waals surface area contributed by atoms with Crippen LogP contribution in [-0.2, 0) is 16.4 Å². The van der Waals surface area contributed by atoms with Crippen molar-refractivity contribution in [2.45, 2.75) is 38.5 Å². The van der Waals surface area contributed by atoms with E-state index in [9.17, 15) is 8.42 Å². The Morgan fingerprint density at radius 1 is 1.26 bits per heavy atom. The molecule has 0 radical (unpaired) electrons. The Kier molecular flexibility index (Phi) is 6.41. The summed E-state index contributed by atoms with van der Waals surface area (Å²) in [5, 5.41) is 2.68. The molecule has 1 heterocycles. The van der Waals surface area contributed by atoms with Gasteiger partial charge in [0.1, 0.15) is 0 Å². The average Bonchev–Trinajstić information content (AvgIpc) is 2.36. The molecule has 0 amide bonds. The van der Waals surface area contributed by atoms with E-state index in [1.807, 2.05) is 32.0 Å². The van der Waals surface area contributed by atoms with E-state index in [1.165, 1.54) is 0 Å². The zero-order chi connectivity index (χ0) is 14.3. The molecule has 0 fully saturated rings. The standard InChI is InChI=1S/C13H23N3O2S/c1-11(2)15-10-12(3)19(17,18)16-9-7-13-6-4-5-8-14-13/h4-6,8,11-12,15-16H,7,9-10H2,1-3H3. The molecule has 0 aliphatic carbocycles. The van der Waals surface area contributed by atoms with Crippen molar-refractivity contribution < 1.29 is 8.42 Å². The van der Waals surface area contributed by atoms with Crippen molar-refractivity contribution in [3.8, 4) is 0 Å². The first-order valence-corrected chi connectivity index (χ1v) is 8.08. The lowest BCUT2D eigenvalue weighted by Gasteiger charge is -2.16. The molecular weight excluding hydrogens is 262 g/mol. The molecule has 0 bridgehead atoms. The molecule has 0 saturated heterocycles. The molecule has 1 unspecified atom stereocenters. The van der Waals surface area contributed by atoms with Gasteiger partial charge in [-0.25, -0.2) is 13.1 Å². The summed E-state index contributed by atoms with van der Waals surface area (Å²) >= 11 is 0. The van der Waals surface area contributed by atoms with Gasteiger partial charge in [0.05, 0.1) is 5.25 Å². The van der Waals surface area contributed by atoms with Crippen molar-refractivity contribution in [1.82, 2.24) is 15.0 Å². The van der Waals surface area contributed by atoms with E-state index in [2.05, 4.69) is 15.0 Å². The maximum atomic E-state index is 12.0. The highest BCUT2D eigenvalue weighted by molar-refractivity contribution is 7.90. The Morgan fingerprint density at radius 2 is 2.00 bits per heavy atom. The lowest BCUT2D eigenvalue weighted by Crippen LogP contribution is -2.41. The third-order valence-electron chi connectivity index (χ3n) is 2.75. The SMILES string of the molecule is CC(C)NCC(C)S(=O)(=O)NCCc1ccccn1. The summed E-state index contributed by atoms with van der Waals surface area (Å²) in [5.41, 5.74) is 0.887. The minimum absolute atomic E-state index is 0.283. The van der Waals surface area contributed by atoms with Crippen molar-refractivity contribution in [3.05, 3.63) is 30.1 Å². The van der Waals surface area contributed by atoms with Crippen molar-refractivity contribution in [3.63, 3.8) is 0 Å². The van der Waals surface area contributed by atoms with Crippen LogP contribution in [0.5, 0.6) is 0 Å². The molecule has 108 valence electrons. The van der Waals surface area contributed by atoms with Gasteiger partial charge in [-0.3, -0.25) is 4.98 Å². The highest BCUT2D eigenvalue weighted by Gasteiger charge is 2.19. The van der Waals surface area contributed by atoms with E-state index in [0.29, 0.717) is 19.5 Å². The maximum Gasteiger partial charge on any atom is 0.215 e. The van der Waals surface area contributed by atoms with Gasteiger partial charge in [-0.2, -0.15) is 0 Å². The van der Waals surface area contributed by atoms with Gasteiger partial charge in [-0.15, -0.1) is 0 Å². The third-order valence-corrected chi connectivity index (χ3v) is 4.59. The van der Waals surface area contributed by atoms with Gasteiger partial charge in [0.2, 0.25) is 10.0 Å². The largest absolute Gasteiger partial charge is 0.313 e. The normalized spacial score (nSPS) is 13.7. The monoisotopic (exact) mass is 285 g/mol. The summed E-state index contributed by atoms with van der Waals surface area (Å²) in [6.07, 6.45) is 2.31. The summed E-state index contributed by atoms with van der Waals surface area (Å²) in [6.45, 7) is 6.53. The zero-order valence-corrected chi connectivity index (χ0v) is 12.6. The van der Waals surface area contributed by atoms with Crippen LogP contribution in [0.1, 0.15) is 26.5 Å². The summed E-state index contributed by atoms with van der Waals surface area (Å²) < 4.78 is 26.5. The summed E-state index contributed by atoms with van der Waals surface area (Å²) in [4.78, 5) is 4.16. The number of rotatable bonds is 8. The fourth-order valence-corrected chi connectivity index (χ4v) is 2.51. The second-order valence-corrected chi connectivity index (χ2v) is 7.07. The van der Waals surface area contributed by atoms with Gasteiger partial charge in [0.25, 0.3) is 0 Å². The summed E-state index contributed by atoms with van der Waals surface area (Å²) in [7, 11) is -3.27. The van der Waals surface area contributed by atoms with Crippen LogP contribution in [0, 0.1) is 0 Å². The first kappa shape index (κ1) is 16.1. The van der Waals surface area contributed by atoms with Crippen LogP contribution in [0.4, 0.5) is 0 Å². The molecule has 2 N–H and O–H groups in total. The highest BCUT2D eigenvalue weighted by atomic mass is 32.2. The van der Waals surface area contributed by atoms with Crippen molar-refractivity contribution in [1.29, 1.82) is 0 Å². The van der Waals surface area contributed by atoms with Crippen LogP contribution < -0.4 is 10.0 Å². The number of nitrogens with one attached hydrogen (secondary N) is 2. The van der Waals surface area contributed by atoms with Crippen molar-refractivity contribution >= 4 is 10.0 Å². The summed E-state index contributed by atoms with van der Waals surface area (Å²) in [5.74, 6) is 0. The molecular formula is C13H23N3O2S. The van der Waals surface area contributed by atoms with Crippen molar-refractivity contribution in [2.75, 3.05) is 13.1 Å². The van der Waals surface area contributed by atoms with E-state index < -0.39 is 15.3 Å². The Hall–Kier alpha value is -0.980. The van der Waals surface area contributed by atoms with Crippen LogP contribution in [-0.4, -0.2) is 37.8 Å². The van der Waals surface area contributed by atoms with Gasteiger partial charge in [-0.05, 0) is 19.1 Å². The molecule has 0 aromatic carbocycles. The third kappa shape index (κ3) is 6.13. The lowest BCUT2D eigenvalue weighted by molar-refractivity contribution is 0.540. The zero-order valence-electron chi connectivity index (χ0n) is 11.8. The Labute approximate surface area is 115 Å². The predicted octanol–water partition coefficient (Wildman–Crippen LogP) is 0.930. The van der Waals surface area contributed by atoms with E-state index in [4.69, 9.17) is 0 Å². The first-order chi connectivity index (χ1) is 8.92. The molecule has 0 aliphatic rings. The molecule has 0 spiro atoms.